The molecule has 1 N–H and O–H groups in total. The van der Waals surface area contributed by atoms with Gasteiger partial charge in [-0.25, -0.2) is 9.80 Å². The summed E-state index contributed by atoms with van der Waals surface area (Å²) in [6.07, 6.45) is 1.53. The topological polar surface area (TPSA) is 77.5 Å². The standard InChI is InChI=1S/C24H33N5O3S2/c1-3-7-25-24(31)28(9-8-27-10-12-32-13-11-27)17-22(30)29-20(23-18(2)6-15-34-23)16-19(26-29)21-5-4-14-33-21/h4-6,14-15,20H,3,7-13,16-17H2,1-2H3,(H,25,31). The number of aryl methyl sites for hydroxylation is 1. The summed E-state index contributed by atoms with van der Waals surface area (Å²) in [6.45, 7) is 8.98. The molecule has 10 heteroatoms. The molecule has 4 rings (SSSR count). The smallest absolute Gasteiger partial charge is 0.317 e. The Labute approximate surface area is 209 Å². The maximum atomic E-state index is 13.6. The van der Waals surface area contributed by atoms with Gasteiger partial charge in [-0.2, -0.15) is 5.10 Å². The highest BCUT2D eigenvalue weighted by molar-refractivity contribution is 7.12. The van der Waals surface area contributed by atoms with Crippen molar-refractivity contribution in [1.29, 1.82) is 0 Å². The van der Waals surface area contributed by atoms with E-state index in [1.807, 2.05) is 24.4 Å². The van der Waals surface area contributed by atoms with Crippen molar-refractivity contribution in [1.82, 2.24) is 20.1 Å². The molecule has 2 aromatic rings. The number of morpholine rings is 1. The van der Waals surface area contributed by atoms with E-state index >= 15 is 0 Å². The average Bonchev–Trinajstić information content (AvgIpc) is 3.61. The lowest BCUT2D eigenvalue weighted by Crippen LogP contribution is -2.49. The summed E-state index contributed by atoms with van der Waals surface area (Å²) in [5.41, 5.74) is 2.09. The number of nitrogens with zero attached hydrogens (tertiary/aromatic N) is 4. The predicted octanol–water partition coefficient (Wildman–Crippen LogP) is 3.55. The molecule has 1 unspecified atom stereocenters. The fourth-order valence-corrected chi connectivity index (χ4v) is 5.91. The summed E-state index contributed by atoms with van der Waals surface area (Å²) in [5.74, 6) is -0.155. The van der Waals surface area contributed by atoms with Crippen LogP contribution in [0, 0.1) is 6.92 Å². The zero-order valence-electron chi connectivity index (χ0n) is 19.9. The minimum atomic E-state index is -0.200. The van der Waals surface area contributed by atoms with Crippen molar-refractivity contribution in [2.45, 2.75) is 32.7 Å². The number of hydrazone groups is 1. The number of urea groups is 1. The van der Waals surface area contributed by atoms with Crippen LogP contribution < -0.4 is 5.32 Å². The van der Waals surface area contributed by atoms with E-state index in [0.29, 0.717) is 39.3 Å². The molecule has 2 aromatic heterocycles. The van der Waals surface area contributed by atoms with Crippen molar-refractivity contribution in [3.8, 4) is 0 Å². The molecule has 0 aromatic carbocycles. The van der Waals surface area contributed by atoms with Crippen LogP contribution in [0.15, 0.2) is 34.1 Å². The molecule has 8 nitrogen and oxygen atoms in total. The third-order valence-electron chi connectivity index (χ3n) is 6.11. The number of carbonyl (C=O) groups is 2. The van der Waals surface area contributed by atoms with E-state index in [2.05, 4.69) is 28.6 Å². The normalized spacial score (nSPS) is 18.7. The second kappa shape index (κ2) is 11.9. The second-order valence-corrected chi connectivity index (χ2v) is 10.5. The predicted molar refractivity (Wildman–Crippen MR) is 137 cm³/mol. The van der Waals surface area contributed by atoms with E-state index in [0.717, 1.165) is 35.0 Å². The molecule has 1 atom stereocenters. The molecule has 1 fully saturated rings. The highest BCUT2D eigenvalue weighted by Gasteiger charge is 2.36. The molecule has 0 radical (unpaired) electrons. The van der Waals surface area contributed by atoms with Gasteiger partial charge in [-0.3, -0.25) is 9.69 Å². The Morgan fingerprint density at radius 3 is 2.74 bits per heavy atom. The summed E-state index contributed by atoms with van der Waals surface area (Å²) >= 11 is 3.29. The summed E-state index contributed by atoms with van der Waals surface area (Å²) in [6, 6.07) is 5.80. The van der Waals surface area contributed by atoms with Crippen molar-refractivity contribution < 1.29 is 14.3 Å². The monoisotopic (exact) mass is 503 g/mol. The molecule has 184 valence electrons. The van der Waals surface area contributed by atoms with Gasteiger partial charge in [0.1, 0.15) is 6.54 Å². The Balaban J connectivity index is 1.50. The molecule has 2 aliphatic rings. The van der Waals surface area contributed by atoms with Gasteiger partial charge in [0.25, 0.3) is 5.91 Å². The number of hydrogen-bond acceptors (Lipinski definition) is 7. The van der Waals surface area contributed by atoms with Gasteiger partial charge < -0.3 is 15.0 Å². The SMILES string of the molecule is CCCNC(=O)N(CCN1CCOCC1)CC(=O)N1N=C(c2cccs2)CC1c1sccc1C. The van der Waals surface area contributed by atoms with Gasteiger partial charge in [0.05, 0.1) is 29.8 Å². The van der Waals surface area contributed by atoms with Gasteiger partial charge in [0.2, 0.25) is 0 Å². The molecule has 0 aliphatic carbocycles. The van der Waals surface area contributed by atoms with Crippen LogP contribution in [0.4, 0.5) is 4.79 Å². The molecule has 4 heterocycles. The number of rotatable bonds is 9. The van der Waals surface area contributed by atoms with E-state index < -0.39 is 0 Å². The molecule has 3 amide bonds. The maximum absolute atomic E-state index is 13.6. The first-order chi connectivity index (χ1) is 16.6. The first kappa shape index (κ1) is 24.8. The van der Waals surface area contributed by atoms with E-state index in [4.69, 9.17) is 9.84 Å². The number of thiophene rings is 2. The minimum absolute atomic E-state index is 0.00201. The van der Waals surface area contributed by atoms with Crippen molar-refractivity contribution >= 4 is 40.3 Å². The molecule has 34 heavy (non-hydrogen) atoms. The van der Waals surface area contributed by atoms with Crippen LogP contribution in [-0.4, -0.2) is 84.9 Å². The number of hydrogen-bond donors (Lipinski definition) is 1. The van der Waals surface area contributed by atoms with Crippen LogP contribution in [0.2, 0.25) is 0 Å². The summed E-state index contributed by atoms with van der Waals surface area (Å²) in [4.78, 5) is 32.6. The number of ether oxygens (including phenoxy) is 1. The third kappa shape index (κ3) is 6.04. The van der Waals surface area contributed by atoms with Crippen LogP contribution in [-0.2, 0) is 9.53 Å². The Morgan fingerprint density at radius 2 is 2.06 bits per heavy atom. The molecule has 2 aliphatic heterocycles. The zero-order valence-corrected chi connectivity index (χ0v) is 21.5. The fraction of sp³-hybridized carbons (Fsp3) is 0.542. The van der Waals surface area contributed by atoms with Gasteiger partial charge in [0.15, 0.2) is 0 Å². The fourth-order valence-electron chi connectivity index (χ4n) is 4.18. The van der Waals surface area contributed by atoms with Crippen molar-refractivity contribution in [2.24, 2.45) is 5.10 Å². The largest absolute Gasteiger partial charge is 0.379 e. The van der Waals surface area contributed by atoms with Gasteiger partial charge in [-0.15, -0.1) is 22.7 Å². The second-order valence-electron chi connectivity index (χ2n) is 8.56. The van der Waals surface area contributed by atoms with Crippen LogP contribution in [0.3, 0.4) is 0 Å². The molecule has 0 bridgehead atoms. The number of amides is 3. The van der Waals surface area contributed by atoms with Gasteiger partial charge in [0, 0.05) is 44.0 Å². The first-order valence-electron chi connectivity index (χ1n) is 11.9. The average molecular weight is 504 g/mol. The summed E-state index contributed by atoms with van der Waals surface area (Å²) in [7, 11) is 0. The van der Waals surface area contributed by atoms with Crippen molar-refractivity contribution in [3.63, 3.8) is 0 Å². The third-order valence-corrected chi connectivity index (χ3v) is 8.14. The quantitative estimate of drug-likeness (QED) is 0.568. The van der Waals surface area contributed by atoms with E-state index in [9.17, 15) is 9.59 Å². The molecular formula is C24H33N5O3S2. The lowest BCUT2D eigenvalue weighted by atomic mass is 10.1. The first-order valence-corrected chi connectivity index (χ1v) is 13.6. The number of carbonyl (C=O) groups excluding carboxylic acids is 2. The Bertz CT molecular complexity index is 985. The lowest BCUT2D eigenvalue weighted by Gasteiger charge is -2.31. The van der Waals surface area contributed by atoms with E-state index in [1.165, 1.54) is 5.56 Å². The summed E-state index contributed by atoms with van der Waals surface area (Å²) < 4.78 is 5.43. The molecule has 0 spiro atoms. The Kier molecular flexibility index (Phi) is 8.71. The maximum Gasteiger partial charge on any atom is 0.317 e. The minimum Gasteiger partial charge on any atom is -0.379 e. The van der Waals surface area contributed by atoms with Crippen molar-refractivity contribution in [2.75, 3.05) is 52.5 Å². The number of nitrogens with one attached hydrogen (secondary N) is 1. The lowest BCUT2D eigenvalue weighted by molar-refractivity contribution is -0.133. The van der Waals surface area contributed by atoms with Crippen LogP contribution in [0.1, 0.15) is 41.1 Å². The summed E-state index contributed by atoms with van der Waals surface area (Å²) in [5, 5.41) is 13.4. The van der Waals surface area contributed by atoms with Crippen LogP contribution >= 0.6 is 22.7 Å². The Hall–Kier alpha value is -2.27. The zero-order chi connectivity index (χ0) is 23.9. The van der Waals surface area contributed by atoms with Crippen LogP contribution in [0.25, 0.3) is 0 Å². The van der Waals surface area contributed by atoms with Crippen LogP contribution in [0.5, 0.6) is 0 Å². The van der Waals surface area contributed by atoms with E-state index in [-0.39, 0.29) is 24.5 Å². The van der Waals surface area contributed by atoms with Gasteiger partial charge >= 0.3 is 6.03 Å². The molecular weight excluding hydrogens is 470 g/mol. The van der Waals surface area contributed by atoms with Gasteiger partial charge in [-0.1, -0.05) is 13.0 Å². The molecule has 1 saturated heterocycles. The molecule has 0 saturated carbocycles. The Morgan fingerprint density at radius 1 is 1.24 bits per heavy atom. The van der Waals surface area contributed by atoms with Gasteiger partial charge in [-0.05, 0) is 41.8 Å². The highest BCUT2D eigenvalue weighted by atomic mass is 32.1. The van der Waals surface area contributed by atoms with Crippen molar-refractivity contribution in [3.05, 3.63) is 44.3 Å². The highest BCUT2D eigenvalue weighted by Crippen LogP contribution is 2.37. The van der Waals surface area contributed by atoms with E-state index in [1.54, 1.807) is 32.6 Å².